The monoisotopic (exact) mass is 835 g/mol. The minimum Gasteiger partial charge on any atom is -0.477 e. The van der Waals surface area contributed by atoms with Gasteiger partial charge in [0.05, 0.1) is 6.10 Å². The Kier molecular flexibility index (Phi) is 20.6. The number of aliphatic carboxylic acids is 1. The first-order valence-electron chi connectivity index (χ1n) is 20.0. The number of aliphatic hydroxyl groups is 1. The van der Waals surface area contributed by atoms with Crippen molar-refractivity contribution in [2.45, 2.75) is 123 Å². The molecule has 0 radical (unpaired) electrons. The Hall–Kier alpha value is -6.10. The summed E-state index contributed by atoms with van der Waals surface area (Å²) in [4.78, 5) is 105. The van der Waals surface area contributed by atoms with Gasteiger partial charge >= 0.3 is 5.97 Å². The topological polar surface area (TPSA) is 261 Å². The minimum absolute atomic E-state index is 0.0497. The molecule has 7 atom stereocenters. The number of carboxylic acids is 1. The number of carboxylic acid groups (broad SMARTS) is 1. The number of benzene rings is 2. The average Bonchev–Trinajstić information content (AvgIpc) is 3.19. The quantitative estimate of drug-likeness (QED) is 0.0718. The first-order chi connectivity index (χ1) is 28.3. The Balaban J connectivity index is 2.34. The van der Waals surface area contributed by atoms with Gasteiger partial charge < -0.3 is 47.4 Å². The molecule has 0 aliphatic rings. The zero-order chi connectivity index (χ0) is 45.1. The standard InChI is InChI=1S/C43H61N7O10/c1-9-30(43(59)60)46-37(53)26(7)44-41(57)35(25(5)6)49-42(58)36(27(8)51)50-40(56)33(23-29-19-15-12-16-20-29)48-38(54)31(21-24(3)4)47-39(55)32(45-34(52)10-2)22-28-17-13-11-14-18-28/h9,11-20,24-27,31-33,35-36,51H,10,21-23H2,1-8H3,(H,44,57)(H,45,52)(H,46,53)(H,47,55)(H,48,54)(H,49,58)(H,50,56)(H,59,60)/t26-,27+,31+,32+,33-,35-,36+/m0/s1. The second-order valence-electron chi connectivity index (χ2n) is 15.3. The van der Waals surface area contributed by atoms with Crippen molar-refractivity contribution in [2.75, 3.05) is 0 Å². The Morgan fingerprint density at radius 1 is 0.583 bits per heavy atom. The van der Waals surface area contributed by atoms with Crippen LogP contribution in [0.5, 0.6) is 0 Å². The van der Waals surface area contributed by atoms with Crippen LogP contribution < -0.4 is 37.2 Å². The van der Waals surface area contributed by atoms with Crippen molar-refractivity contribution in [3.8, 4) is 0 Å². The summed E-state index contributed by atoms with van der Waals surface area (Å²) in [6.07, 6.45) is 0.0946. The number of hydrogen-bond acceptors (Lipinski definition) is 9. The lowest BCUT2D eigenvalue weighted by Gasteiger charge is -2.29. The average molecular weight is 836 g/mol. The molecular formula is C43H61N7O10. The molecule has 0 saturated carbocycles. The Morgan fingerprint density at radius 3 is 1.48 bits per heavy atom. The van der Waals surface area contributed by atoms with E-state index < -0.39 is 95.4 Å². The molecule has 60 heavy (non-hydrogen) atoms. The maximum Gasteiger partial charge on any atom is 0.352 e. The molecule has 328 valence electrons. The number of carbonyl (C=O) groups excluding carboxylic acids is 7. The first-order valence-corrected chi connectivity index (χ1v) is 20.0. The molecule has 2 aromatic rings. The highest BCUT2D eigenvalue weighted by Gasteiger charge is 2.35. The second-order valence-corrected chi connectivity index (χ2v) is 15.3. The largest absolute Gasteiger partial charge is 0.477 e. The minimum atomic E-state index is -1.62. The highest BCUT2D eigenvalue weighted by molar-refractivity contribution is 5.98. The summed E-state index contributed by atoms with van der Waals surface area (Å²) < 4.78 is 0. The fourth-order valence-corrected chi connectivity index (χ4v) is 5.96. The fourth-order valence-electron chi connectivity index (χ4n) is 5.96. The van der Waals surface area contributed by atoms with Crippen LogP contribution in [0.4, 0.5) is 0 Å². The van der Waals surface area contributed by atoms with Crippen LogP contribution in [-0.2, 0) is 51.2 Å². The third kappa shape index (κ3) is 16.6. The number of rotatable bonds is 23. The molecule has 0 saturated heterocycles. The predicted octanol–water partition coefficient (Wildman–Crippen LogP) is 0.998. The summed E-state index contributed by atoms with van der Waals surface area (Å²) in [5.74, 6) is -7.09. The van der Waals surface area contributed by atoms with E-state index in [1.807, 2.05) is 32.0 Å². The molecule has 0 unspecified atom stereocenters. The smallest absolute Gasteiger partial charge is 0.352 e. The van der Waals surface area contributed by atoms with Crippen molar-refractivity contribution in [3.63, 3.8) is 0 Å². The van der Waals surface area contributed by atoms with Gasteiger partial charge in [-0.2, -0.15) is 0 Å². The van der Waals surface area contributed by atoms with E-state index in [4.69, 9.17) is 0 Å². The second kappa shape index (κ2) is 24.7. The third-order valence-electron chi connectivity index (χ3n) is 9.35. The van der Waals surface area contributed by atoms with E-state index in [2.05, 4.69) is 37.2 Å². The van der Waals surface area contributed by atoms with Crippen LogP contribution >= 0.6 is 0 Å². The number of hydrogen-bond donors (Lipinski definition) is 9. The molecule has 2 aromatic carbocycles. The molecule has 0 spiro atoms. The molecule has 17 nitrogen and oxygen atoms in total. The van der Waals surface area contributed by atoms with E-state index in [1.54, 1.807) is 63.2 Å². The van der Waals surface area contributed by atoms with Crippen molar-refractivity contribution < 1.29 is 48.6 Å². The third-order valence-corrected chi connectivity index (χ3v) is 9.35. The van der Waals surface area contributed by atoms with Gasteiger partial charge in [0.15, 0.2) is 0 Å². The number of nitrogens with one attached hydrogen (secondary N) is 7. The predicted molar refractivity (Wildman–Crippen MR) is 223 cm³/mol. The molecular weight excluding hydrogens is 775 g/mol. The van der Waals surface area contributed by atoms with E-state index in [1.165, 1.54) is 26.8 Å². The van der Waals surface area contributed by atoms with Gasteiger partial charge in [-0.05, 0) is 50.2 Å². The van der Waals surface area contributed by atoms with Crippen molar-refractivity contribution >= 4 is 47.3 Å². The van der Waals surface area contributed by atoms with Crippen LogP contribution in [0.2, 0.25) is 0 Å². The summed E-state index contributed by atoms with van der Waals surface area (Å²) in [5.41, 5.74) is 1.04. The van der Waals surface area contributed by atoms with Crippen LogP contribution in [0.25, 0.3) is 0 Å². The van der Waals surface area contributed by atoms with Crippen molar-refractivity contribution in [1.29, 1.82) is 0 Å². The Bertz CT molecular complexity index is 1820. The van der Waals surface area contributed by atoms with E-state index in [9.17, 15) is 48.6 Å². The Morgan fingerprint density at radius 2 is 1.03 bits per heavy atom. The molecule has 0 aromatic heterocycles. The maximum atomic E-state index is 14.0. The molecule has 17 heteroatoms. The Labute approximate surface area is 351 Å². The SMILES string of the molecule is CC=C(NC(=O)[C@H](C)NC(=O)[C@@H](NC(=O)[C@H](NC(=O)[C@H](Cc1ccccc1)NC(=O)[C@@H](CC(C)C)NC(=O)[C@@H](Cc1ccccc1)NC(=O)CC)[C@@H](C)O)C(C)C)C(=O)O. The van der Waals surface area contributed by atoms with Gasteiger partial charge in [-0.1, -0.05) is 101 Å². The van der Waals surface area contributed by atoms with Crippen molar-refractivity contribution in [3.05, 3.63) is 83.6 Å². The van der Waals surface area contributed by atoms with Gasteiger partial charge in [-0.15, -0.1) is 0 Å². The van der Waals surface area contributed by atoms with Crippen LogP contribution in [0, 0.1) is 11.8 Å². The first kappa shape index (κ1) is 50.0. The number of amides is 7. The van der Waals surface area contributed by atoms with Gasteiger partial charge in [0, 0.05) is 19.3 Å². The summed E-state index contributed by atoms with van der Waals surface area (Å²) in [7, 11) is 0. The summed E-state index contributed by atoms with van der Waals surface area (Å²) >= 11 is 0. The molecule has 9 N–H and O–H groups in total. The van der Waals surface area contributed by atoms with Gasteiger partial charge in [0.25, 0.3) is 0 Å². The van der Waals surface area contributed by atoms with Crippen molar-refractivity contribution in [1.82, 2.24) is 37.2 Å². The van der Waals surface area contributed by atoms with Gasteiger partial charge in [-0.3, -0.25) is 33.6 Å². The normalized spacial score (nSPS) is 14.9. The maximum absolute atomic E-state index is 14.0. The van der Waals surface area contributed by atoms with E-state index in [0.29, 0.717) is 5.56 Å². The lowest BCUT2D eigenvalue weighted by molar-refractivity contribution is -0.137. The fraction of sp³-hybridized carbons (Fsp3) is 0.488. The summed E-state index contributed by atoms with van der Waals surface area (Å²) in [6.45, 7) is 12.6. The van der Waals surface area contributed by atoms with Crippen molar-refractivity contribution in [2.24, 2.45) is 11.8 Å². The van der Waals surface area contributed by atoms with Crippen LogP contribution in [0.1, 0.15) is 79.4 Å². The molecule has 0 bridgehead atoms. The van der Waals surface area contributed by atoms with Crippen LogP contribution in [0.15, 0.2) is 72.4 Å². The number of aliphatic hydroxyl groups excluding tert-OH is 1. The highest BCUT2D eigenvalue weighted by atomic mass is 16.4. The van der Waals surface area contributed by atoms with Gasteiger partial charge in [0.2, 0.25) is 41.4 Å². The molecule has 0 aliphatic heterocycles. The lowest BCUT2D eigenvalue weighted by atomic mass is 9.99. The highest BCUT2D eigenvalue weighted by Crippen LogP contribution is 2.12. The molecule has 0 fully saturated rings. The summed E-state index contributed by atoms with van der Waals surface area (Å²) in [5, 5.41) is 37.8. The van der Waals surface area contributed by atoms with Crippen LogP contribution in [-0.4, -0.2) is 99.9 Å². The molecule has 7 amide bonds. The lowest BCUT2D eigenvalue weighted by Crippen LogP contribution is -2.62. The van der Waals surface area contributed by atoms with Crippen LogP contribution in [0.3, 0.4) is 0 Å². The zero-order valence-corrected chi connectivity index (χ0v) is 35.5. The van der Waals surface area contributed by atoms with Gasteiger partial charge in [-0.25, -0.2) is 4.79 Å². The van der Waals surface area contributed by atoms with E-state index in [0.717, 1.165) is 5.56 Å². The molecule has 0 aliphatic carbocycles. The van der Waals surface area contributed by atoms with E-state index in [-0.39, 0.29) is 37.5 Å². The number of allylic oxidation sites excluding steroid dienone is 1. The number of carbonyl (C=O) groups is 8. The van der Waals surface area contributed by atoms with Gasteiger partial charge in [0.1, 0.15) is 41.9 Å². The zero-order valence-electron chi connectivity index (χ0n) is 35.5. The summed E-state index contributed by atoms with van der Waals surface area (Å²) in [6, 6.07) is 10.2. The molecule has 2 rings (SSSR count). The van der Waals surface area contributed by atoms with E-state index >= 15 is 0 Å². The molecule has 0 heterocycles.